The maximum Gasteiger partial charge on any atom is 0.309 e. The van der Waals surface area contributed by atoms with Crippen molar-refractivity contribution in [3.05, 3.63) is 12.2 Å². The zero-order chi connectivity index (χ0) is 17.6. The van der Waals surface area contributed by atoms with Crippen molar-refractivity contribution in [2.24, 2.45) is 29.6 Å². The van der Waals surface area contributed by atoms with Crippen molar-refractivity contribution < 1.29 is 9.53 Å². The van der Waals surface area contributed by atoms with Gasteiger partial charge in [-0.05, 0) is 87.9 Å². The molecular weight excluding hydrogens is 308 g/mol. The van der Waals surface area contributed by atoms with Crippen LogP contribution >= 0.6 is 0 Å². The molecule has 0 amide bonds. The third-order valence-corrected chi connectivity index (χ3v) is 7.07. The van der Waals surface area contributed by atoms with Crippen LogP contribution in [0.5, 0.6) is 0 Å². The van der Waals surface area contributed by atoms with Crippen LogP contribution in [0.2, 0.25) is 0 Å². The Labute approximate surface area is 154 Å². The molecular formula is C23H38O2. The zero-order valence-electron chi connectivity index (χ0n) is 16.4. The van der Waals surface area contributed by atoms with Gasteiger partial charge < -0.3 is 4.74 Å². The van der Waals surface area contributed by atoms with Crippen molar-refractivity contribution in [3.8, 4) is 0 Å². The minimum atomic E-state index is 0.100. The lowest BCUT2D eigenvalue weighted by atomic mass is 9.79. The molecule has 0 aromatic rings. The van der Waals surface area contributed by atoms with Gasteiger partial charge in [0.15, 0.2) is 0 Å². The van der Waals surface area contributed by atoms with E-state index >= 15 is 0 Å². The third kappa shape index (κ3) is 5.86. The van der Waals surface area contributed by atoms with Crippen molar-refractivity contribution in [2.45, 2.75) is 97.0 Å². The van der Waals surface area contributed by atoms with E-state index in [0.29, 0.717) is 5.92 Å². The minimum Gasteiger partial charge on any atom is -0.462 e. The van der Waals surface area contributed by atoms with Crippen LogP contribution in [0.15, 0.2) is 12.2 Å². The lowest BCUT2D eigenvalue weighted by Gasteiger charge is -2.30. The molecule has 3 aliphatic rings. The molecule has 0 aliphatic heterocycles. The first-order valence-electron chi connectivity index (χ1n) is 11.0. The number of hydrogen-bond donors (Lipinski definition) is 0. The quantitative estimate of drug-likeness (QED) is 0.441. The molecule has 2 nitrogen and oxygen atoms in total. The summed E-state index contributed by atoms with van der Waals surface area (Å²) in [4.78, 5) is 12.5. The lowest BCUT2D eigenvalue weighted by Crippen LogP contribution is -2.29. The summed E-state index contributed by atoms with van der Waals surface area (Å²) in [6.45, 7) is 4.69. The Morgan fingerprint density at radius 2 is 1.12 bits per heavy atom. The average molecular weight is 347 g/mol. The summed E-state index contributed by atoms with van der Waals surface area (Å²) in [6, 6.07) is 0. The van der Waals surface area contributed by atoms with Gasteiger partial charge in [-0.15, -0.1) is 0 Å². The first kappa shape index (κ1) is 19.0. The van der Waals surface area contributed by atoms with Gasteiger partial charge in [-0.25, -0.2) is 0 Å². The average Bonchev–Trinajstić information content (AvgIpc) is 2.63. The highest BCUT2D eigenvalue weighted by Gasteiger charge is 2.29. The first-order chi connectivity index (χ1) is 12.1. The number of ether oxygens (including phenoxy) is 1. The monoisotopic (exact) mass is 346 g/mol. The molecule has 3 saturated carbocycles. The number of hydrogen-bond acceptors (Lipinski definition) is 2. The van der Waals surface area contributed by atoms with E-state index in [1.165, 1.54) is 51.4 Å². The normalized spacial score (nSPS) is 40.1. The molecule has 0 heterocycles. The van der Waals surface area contributed by atoms with Gasteiger partial charge in [-0.1, -0.05) is 38.8 Å². The molecule has 25 heavy (non-hydrogen) atoms. The topological polar surface area (TPSA) is 26.3 Å². The molecule has 0 radical (unpaired) electrons. The molecule has 0 saturated heterocycles. The van der Waals surface area contributed by atoms with E-state index in [4.69, 9.17) is 4.74 Å². The maximum absolute atomic E-state index is 12.5. The molecule has 0 aromatic carbocycles. The molecule has 3 rings (SSSR count). The third-order valence-electron chi connectivity index (χ3n) is 7.07. The van der Waals surface area contributed by atoms with Gasteiger partial charge in [0.25, 0.3) is 0 Å². The number of esters is 1. The van der Waals surface area contributed by atoms with Crippen LogP contribution in [-0.2, 0) is 9.53 Å². The molecule has 0 atom stereocenters. The number of carbonyl (C=O) groups is 1. The Morgan fingerprint density at radius 3 is 1.64 bits per heavy atom. The zero-order valence-corrected chi connectivity index (χ0v) is 16.4. The van der Waals surface area contributed by atoms with Crippen LogP contribution in [0.4, 0.5) is 0 Å². The van der Waals surface area contributed by atoms with Gasteiger partial charge in [0.05, 0.1) is 5.92 Å². The molecule has 0 aromatic heterocycles. The fourth-order valence-electron chi connectivity index (χ4n) is 4.95. The highest BCUT2D eigenvalue weighted by molar-refractivity contribution is 5.72. The fourth-order valence-corrected chi connectivity index (χ4v) is 4.95. The summed E-state index contributed by atoms with van der Waals surface area (Å²) in [5.41, 5.74) is 0. The van der Waals surface area contributed by atoms with E-state index in [2.05, 4.69) is 26.0 Å². The summed E-state index contributed by atoms with van der Waals surface area (Å²) in [7, 11) is 0. The van der Waals surface area contributed by atoms with Gasteiger partial charge in [0.1, 0.15) is 6.10 Å². The maximum atomic E-state index is 12.5. The van der Waals surface area contributed by atoms with Crippen molar-refractivity contribution in [1.29, 1.82) is 0 Å². The second-order valence-corrected chi connectivity index (χ2v) is 9.34. The molecule has 0 spiro atoms. The van der Waals surface area contributed by atoms with Crippen molar-refractivity contribution in [3.63, 3.8) is 0 Å². The van der Waals surface area contributed by atoms with Crippen LogP contribution in [0, 0.1) is 29.6 Å². The van der Waals surface area contributed by atoms with Crippen LogP contribution in [-0.4, -0.2) is 12.1 Å². The smallest absolute Gasteiger partial charge is 0.309 e. The van der Waals surface area contributed by atoms with Crippen LogP contribution in [0.1, 0.15) is 90.9 Å². The van der Waals surface area contributed by atoms with E-state index in [0.717, 1.165) is 43.4 Å². The van der Waals surface area contributed by atoms with E-state index in [9.17, 15) is 4.79 Å². The molecule has 0 bridgehead atoms. The predicted octanol–water partition coefficient (Wildman–Crippen LogP) is 6.30. The largest absolute Gasteiger partial charge is 0.462 e. The lowest BCUT2D eigenvalue weighted by molar-refractivity contribution is -0.157. The summed E-state index contributed by atoms with van der Waals surface area (Å²) >= 11 is 0. The highest BCUT2D eigenvalue weighted by Crippen LogP contribution is 2.34. The predicted molar refractivity (Wildman–Crippen MR) is 103 cm³/mol. The molecule has 2 heteroatoms. The van der Waals surface area contributed by atoms with E-state index < -0.39 is 0 Å². The first-order valence-corrected chi connectivity index (χ1v) is 11.0. The van der Waals surface area contributed by atoms with Crippen LogP contribution in [0.3, 0.4) is 0 Å². The van der Waals surface area contributed by atoms with Gasteiger partial charge in [-0.2, -0.15) is 0 Å². The Balaban J connectivity index is 1.36. The Morgan fingerprint density at radius 1 is 0.680 bits per heavy atom. The van der Waals surface area contributed by atoms with E-state index in [1.807, 2.05) is 0 Å². The fraction of sp³-hybridized carbons (Fsp3) is 0.870. The number of carbonyl (C=O) groups excluding carboxylic acids is 1. The summed E-state index contributed by atoms with van der Waals surface area (Å²) in [6.07, 6.45) is 19.7. The van der Waals surface area contributed by atoms with E-state index in [1.54, 1.807) is 0 Å². The number of rotatable bonds is 4. The van der Waals surface area contributed by atoms with Gasteiger partial charge >= 0.3 is 5.97 Å². The second-order valence-electron chi connectivity index (χ2n) is 9.34. The van der Waals surface area contributed by atoms with Gasteiger partial charge in [0.2, 0.25) is 0 Å². The molecule has 3 fully saturated rings. The summed E-state index contributed by atoms with van der Waals surface area (Å²) in [5, 5.41) is 0. The Bertz CT molecular complexity index is 431. The minimum absolute atomic E-state index is 0.100. The summed E-state index contributed by atoms with van der Waals surface area (Å²) in [5.74, 6) is 3.51. The van der Waals surface area contributed by atoms with Gasteiger partial charge in [0, 0.05) is 0 Å². The van der Waals surface area contributed by atoms with E-state index in [-0.39, 0.29) is 18.0 Å². The Kier molecular flexibility index (Phi) is 7.01. The number of allylic oxidation sites excluding steroid dienone is 2. The molecule has 3 aliphatic carbocycles. The van der Waals surface area contributed by atoms with Gasteiger partial charge in [-0.3, -0.25) is 4.79 Å². The van der Waals surface area contributed by atoms with Crippen molar-refractivity contribution in [1.82, 2.24) is 0 Å². The molecule has 0 N–H and O–H groups in total. The van der Waals surface area contributed by atoms with Crippen molar-refractivity contribution >= 4 is 5.97 Å². The van der Waals surface area contributed by atoms with Crippen LogP contribution < -0.4 is 0 Å². The standard InChI is InChI=1S/C23H38O2/c1-17-3-7-19(8-4-17)9-10-20-11-13-21(14-12-20)23(24)25-22-15-5-18(2)6-16-22/h9-10,17-22H,3-8,11-16H2,1-2H3/b10-9+. The van der Waals surface area contributed by atoms with Crippen molar-refractivity contribution in [2.75, 3.05) is 0 Å². The Hall–Kier alpha value is -0.790. The molecule has 0 unspecified atom stereocenters. The summed E-state index contributed by atoms with van der Waals surface area (Å²) < 4.78 is 5.82. The SMILES string of the molecule is CC1CCC(/C=C/C2CCC(C(=O)OC3CCC(C)CC3)CC2)CC1. The molecule has 142 valence electrons. The second kappa shape index (κ2) is 9.24. The van der Waals surface area contributed by atoms with Crippen LogP contribution in [0.25, 0.3) is 0 Å². The highest BCUT2D eigenvalue weighted by atomic mass is 16.5.